The molecule has 2 aromatic carbocycles. The number of aryl methyl sites for hydroxylation is 1. The van der Waals surface area contributed by atoms with Crippen LogP contribution in [-0.4, -0.2) is 11.1 Å². The molecule has 0 atom stereocenters. The van der Waals surface area contributed by atoms with Crippen molar-refractivity contribution in [1.29, 1.82) is 0 Å². The number of rotatable bonds is 3. The van der Waals surface area contributed by atoms with Crippen molar-refractivity contribution in [2.45, 2.75) is 6.92 Å². The smallest absolute Gasteiger partial charge is 0.336 e. The number of hydrogen-bond donors (Lipinski definition) is 1. The van der Waals surface area contributed by atoms with Crippen LogP contribution in [0.2, 0.25) is 0 Å². The molecule has 0 saturated heterocycles. The van der Waals surface area contributed by atoms with Gasteiger partial charge in [-0.25, -0.2) is 4.79 Å². The van der Waals surface area contributed by atoms with E-state index in [1.54, 1.807) is 36.4 Å². The molecule has 0 amide bonds. The van der Waals surface area contributed by atoms with Crippen molar-refractivity contribution in [2.75, 3.05) is 0 Å². The molecule has 0 radical (unpaired) electrons. The Morgan fingerprint density at radius 3 is 2.68 bits per heavy atom. The summed E-state index contributed by atoms with van der Waals surface area (Å²) >= 11 is 0. The van der Waals surface area contributed by atoms with Crippen molar-refractivity contribution in [3.63, 3.8) is 0 Å². The number of ether oxygens (including phenoxy) is 1. The second-order valence-electron chi connectivity index (χ2n) is 4.13. The SMILES string of the molecule is Cc1cccc(OC(=O)C=Cc2ccccc2O)c1. The van der Waals surface area contributed by atoms with E-state index in [1.807, 2.05) is 19.1 Å². The van der Waals surface area contributed by atoms with Gasteiger partial charge in [0.2, 0.25) is 0 Å². The van der Waals surface area contributed by atoms with E-state index in [4.69, 9.17) is 4.74 Å². The van der Waals surface area contributed by atoms with Crippen LogP contribution in [0.5, 0.6) is 11.5 Å². The van der Waals surface area contributed by atoms with Gasteiger partial charge in [-0.15, -0.1) is 0 Å². The molecule has 0 heterocycles. The number of benzene rings is 2. The second-order valence-corrected chi connectivity index (χ2v) is 4.13. The zero-order chi connectivity index (χ0) is 13.7. The maximum Gasteiger partial charge on any atom is 0.336 e. The van der Waals surface area contributed by atoms with Crippen molar-refractivity contribution < 1.29 is 14.6 Å². The first-order valence-electron chi connectivity index (χ1n) is 5.90. The Hall–Kier alpha value is -2.55. The fourth-order valence-corrected chi connectivity index (χ4v) is 1.62. The third-order valence-corrected chi connectivity index (χ3v) is 2.54. The van der Waals surface area contributed by atoms with E-state index in [1.165, 1.54) is 12.2 Å². The minimum Gasteiger partial charge on any atom is -0.507 e. The Morgan fingerprint density at radius 1 is 1.16 bits per heavy atom. The Balaban J connectivity index is 2.04. The number of carbonyl (C=O) groups excluding carboxylic acids is 1. The number of aromatic hydroxyl groups is 1. The Morgan fingerprint density at radius 2 is 1.95 bits per heavy atom. The molecule has 0 aliphatic carbocycles. The standard InChI is InChI=1S/C16H14O3/c1-12-5-4-7-14(11-12)19-16(18)10-9-13-6-2-3-8-15(13)17/h2-11,17H,1H3. The molecule has 2 rings (SSSR count). The van der Waals surface area contributed by atoms with E-state index in [0.717, 1.165) is 5.56 Å². The quantitative estimate of drug-likeness (QED) is 0.519. The summed E-state index contributed by atoms with van der Waals surface area (Å²) < 4.78 is 5.15. The van der Waals surface area contributed by atoms with E-state index in [0.29, 0.717) is 11.3 Å². The summed E-state index contributed by atoms with van der Waals surface area (Å²) in [7, 11) is 0. The molecular weight excluding hydrogens is 240 g/mol. The molecule has 0 aliphatic rings. The zero-order valence-electron chi connectivity index (χ0n) is 10.5. The fraction of sp³-hybridized carbons (Fsp3) is 0.0625. The molecule has 0 unspecified atom stereocenters. The third-order valence-electron chi connectivity index (χ3n) is 2.54. The van der Waals surface area contributed by atoms with Gasteiger partial charge in [0.15, 0.2) is 0 Å². The number of para-hydroxylation sites is 1. The first-order valence-corrected chi connectivity index (χ1v) is 5.90. The highest BCUT2D eigenvalue weighted by molar-refractivity contribution is 5.89. The van der Waals surface area contributed by atoms with Gasteiger partial charge in [-0.2, -0.15) is 0 Å². The summed E-state index contributed by atoms with van der Waals surface area (Å²) in [5.74, 6) is 0.155. The highest BCUT2D eigenvalue weighted by Gasteiger charge is 2.01. The van der Waals surface area contributed by atoms with Gasteiger partial charge in [0, 0.05) is 11.6 Å². The van der Waals surface area contributed by atoms with Gasteiger partial charge in [0.1, 0.15) is 11.5 Å². The molecule has 1 N–H and O–H groups in total. The van der Waals surface area contributed by atoms with Crippen LogP contribution in [0.4, 0.5) is 0 Å². The number of esters is 1. The molecule has 0 aromatic heterocycles. The van der Waals surface area contributed by atoms with Gasteiger partial charge in [-0.05, 0) is 36.8 Å². The molecule has 96 valence electrons. The van der Waals surface area contributed by atoms with Crippen molar-refractivity contribution in [3.8, 4) is 11.5 Å². The lowest BCUT2D eigenvalue weighted by Gasteiger charge is -2.02. The lowest BCUT2D eigenvalue weighted by atomic mass is 10.2. The van der Waals surface area contributed by atoms with Crippen molar-refractivity contribution in [3.05, 3.63) is 65.7 Å². The first kappa shape index (κ1) is 12.9. The van der Waals surface area contributed by atoms with Crippen LogP contribution >= 0.6 is 0 Å². The summed E-state index contributed by atoms with van der Waals surface area (Å²) in [6.45, 7) is 1.93. The molecule has 0 fully saturated rings. The Kier molecular flexibility index (Phi) is 3.98. The summed E-state index contributed by atoms with van der Waals surface area (Å²) in [6, 6.07) is 14.0. The van der Waals surface area contributed by atoms with Crippen LogP contribution in [0.15, 0.2) is 54.6 Å². The lowest BCUT2D eigenvalue weighted by Crippen LogP contribution is -2.03. The van der Waals surface area contributed by atoms with Gasteiger partial charge >= 0.3 is 5.97 Å². The van der Waals surface area contributed by atoms with Gasteiger partial charge in [-0.1, -0.05) is 30.3 Å². The highest BCUT2D eigenvalue weighted by atomic mass is 16.5. The zero-order valence-corrected chi connectivity index (χ0v) is 10.5. The van der Waals surface area contributed by atoms with Gasteiger partial charge in [-0.3, -0.25) is 0 Å². The minimum absolute atomic E-state index is 0.127. The molecule has 0 bridgehead atoms. The molecule has 3 heteroatoms. The topological polar surface area (TPSA) is 46.5 Å². The largest absolute Gasteiger partial charge is 0.507 e. The summed E-state index contributed by atoms with van der Waals surface area (Å²) in [5, 5.41) is 9.55. The van der Waals surface area contributed by atoms with E-state index in [2.05, 4.69) is 0 Å². The monoisotopic (exact) mass is 254 g/mol. The normalized spacial score (nSPS) is 10.6. The van der Waals surface area contributed by atoms with Gasteiger partial charge in [0.05, 0.1) is 0 Å². The highest BCUT2D eigenvalue weighted by Crippen LogP contribution is 2.17. The molecule has 0 aliphatic heterocycles. The van der Waals surface area contributed by atoms with Crippen LogP contribution in [0.1, 0.15) is 11.1 Å². The third kappa shape index (κ3) is 3.71. The van der Waals surface area contributed by atoms with Crippen LogP contribution < -0.4 is 4.74 Å². The Bertz CT molecular complexity index is 615. The van der Waals surface area contributed by atoms with Crippen LogP contribution in [0.3, 0.4) is 0 Å². The number of carbonyl (C=O) groups is 1. The lowest BCUT2D eigenvalue weighted by molar-refractivity contribution is -0.128. The minimum atomic E-state index is -0.478. The molecule has 0 spiro atoms. The molecule has 2 aromatic rings. The van der Waals surface area contributed by atoms with Crippen LogP contribution in [0.25, 0.3) is 6.08 Å². The summed E-state index contributed by atoms with van der Waals surface area (Å²) in [4.78, 5) is 11.6. The van der Waals surface area contributed by atoms with E-state index < -0.39 is 5.97 Å². The average molecular weight is 254 g/mol. The maximum absolute atomic E-state index is 11.6. The van der Waals surface area contributed by atoms with Gasteiger partial charge < -0.3 is 9.84 Å². The summed E-state index contributed by atoms with van der Waals surface area (Å²) in [5.41, 5.74) is 1.60. The van der Waals surface area contributed by atoms with E-state index in [-0.39, 0.29) is 5.75 Å². The molecule has 3 nitrogen and oxygen atoms in total. The maximum atomic E-state index is 11.6. The van der Waals surface area contributed by atoms with E-state index in [9.17, 15) is 9.90 Å². The van der Waals surface area contributed by atoms with Crippen molar-refractivity contribution in [2.24, 2.45) is 0 Å². The van der Waals surface area contributed by atoms with Crippen LogP contribution in [0, 0.1) is 6.92 Å². The van der Waals surface area contributed by atoms with Gasteiger partial charge in [0.25, 0.3) is 0 Å². The predicted molar refractivity (Wildman–Crippen MR) is 74.0 cm³/mol. The Labute approximate surface area is 111 Å². The molecule has 0 saturated carbocycles. The summed E-state index contributed by atoms with van der Waals surface area (Å²) in [6.07, 6.45) is 2.81. The number of hydrogen-bond acceptors (Lipinski definition) is 3. The molecular formula is C16H14O3. The van der Waals surface area contributed by atoms with Crippen molar-refractivity contribution in [1.82, 2.24) is 0 Å². The number of phenols is 1. The second kappa shape index (κ2) is 5.87. The fourth-order valence-electron chi connectivity index (χ4n) is 1.62. The first-order chi connectivity index (χ1) is 9.15. The van der Waals surface area contributed by atoms with Crippen LogP contribution in [-0.2, 0) is 4.79 Å². The predicted octanol–water partition coefficient (Wildman–Crippen LogP) is 3.32. The van der Waals surface area contributed by atoms with E-state index >= 15 is 0 Å². The molecule has 19 heavy (non-hydrogen) atoms. The number of phenolic OH excluding ortho intramolecular Hbond substituents is 1. The average Bonchev–Trinajstić information content (AvgIpc) is 2.38. The van der Waals surface area contributed by atoms with Crippen molar-refractivity contribution >= 4 is 12.0 Å².